The number of hydrogen-bond acceptors (Lipinski definition) is 6. The number of likely N-dealkylation sites (tertiary alicyclic amines) is 1. The van der Waals surface area contributed by atoms with Gasteiger partial charge < -0.3 is 24.8 Å². The molecule has 0 bridgehead atoms. The minimum absolute atomic E-state index is 0.108. The lowest BCUT2D eigenvalue weighted by molar-refractivity contribution is 0.0651. The predicted octanol–water partition coefficient (Wildman–Crippen LogP) is 3.21. The standard InChI is InChI=1S/C24H25FN4O5/c1-15(14-30)33-18-10-17(23(31)26-22-6-9-28(2)27-22)11-19(13-18)34-21-5-4-16(12-20(21)25)24(32)29-7-3-8-29/h4-6,9-13,15,30H,3,7-8,14H2,1-2H3,(H,26,27,31). The van der Waals surface area contributed by atoms with E-state index in [1.54, 1.807) is 35.8 Å². The van der Waals surface area contributed by atoms with Crippen LogP contribution < -0.4 is 14.8 Å². The van der Waals surface area contributed by atoms with Gasteiger partial charge in [-0.1, -0.05) is 0 Å². The second-order valence-corrected chi connectivity index (χ2v) is 8.03. The molecule has 34 heavy (non-hydrogen) atoms. The third-order valence-electron chi connectivity index (χ3n) is 5.24. The Morgan fingerprint density at radius 1 is 1.15 bits per heavy atom. The number of aliphatic hydroxyl groups excluding tert-OH is 1. The van der Waals surface area contributed by atoms with E-state index in [1.165, 1.54) is 30.3 Å². The summed E-state index contributed by atoms with van der Waals surface area (Å²) in [6.45, 7) is 2.76. The van der Waals surface area contributed by atoms with E-state index in [0.29, 0.717) is 18.9 Å². The van der Waals surface area contributed by atoms with E-state index in [4.69, 9.17) is 9.47 Å². The Morgan fingerprint density at radius 3 is 2.53 bits per heavy atom. The number of carbonyl (C=O) groups excluding carboxylic acids is 2. The van der Waals surface area contributed by atoms with Gasteiger partial charge in [0.25, 0.3) is 11.8 Å². The van der Waals surface area contributed by atoms with Crippen LogP contribution in [0.25, 0.3) is 0 Å². The first-order valence-corrected chi connectivity index (χ1v) is 10.8. The van der Waals surface area contributed by atoms with E-state index in [2.05, 4.69) is 10.4 Å². The molecule has 1 fully saturated rings. The van der Waals surface area contributed by atoms with Gasteiger partial charge in [-0.05, 0) is 43.7 Å². The van der Waals surface area contributed by atoms with Crippen molar-refractivity contribution in [1.82, 2.24) is 14.7 Å². The van der Waals surface area contributed by atoms with Crippen LogP contribution in [0, 0.1) is 5.82 Å². The van der Waals surface area contributed by atoms with Gasteiger partial charge in [-0.15, -0.1) is 0 Å². The highest BCUT2D eigenvalue weighted by molar-refractivity contribution is 6.04. The van der Waals surface area contributed by atoms with Crippen LogP contribution in [-0.4, -0.2) is 57.4 Å². The highest BCUT2D eigenvalue weighted by Gasteiger charge is 2.23. The molecule has 2 amide bonds. The molecular weight excluding hydrogens is 443 g/mol. The fourth-order valence-electron chi connectivity index (χ4n) is 3.32. The average molecular weight is 468 g/mol. The molecule has 0 spiro atoms. The van der Waals surface area contributed by atoms with Gasteiger partial charge in [0, 0.05) is 49.6 Å². The molecule has 0 radical (unpaired) electrons. The summed E-state index contributed by atoms with van der Waals surface area (Å²) in [4.78, 5) is 26.8. The van der Waals surface area contributed by atoms with E-state index in [9.17, 15) is 19.1 Å². The number of carbonyl (C=O) groups is 2. The fraction of sp³-hybridized carbons (Fsp3) is 0.292. The van der Waals surface area contributed by atoms with Crippen LogP contribution in [0.1, 0.15) is 34.1 Å². The highest BCUT2D eigenvalue weighted by atomic mass is 19.1. The van der Waals surface area contributed by atoms with Crippen LogP contribution >= 0.6 is 0 Å². The van der Waals surface area contributed by atoms with E-state index < -0.39 is 17.8 Å². The molecule has 2 N–H and O–H groups in total. The first-order valence-electron chi connectivity index (χ1n) is 10.8. The Kier molecular flexibility index (Phi) is 6.78. The van der Waals surface area contributed by atoms with E-state index in [0.717, 1.165) is 12.5 Å². The number of hydrogen-bond donors (Lipinski definition) is 2. The maximum Gasteiger partial charge on any atom is 0.257 e. The number of rotatable bonds is 8. The molecule has 1 aromatic heterocycles. The second-order valence-electron chi connectivity index (χ2n) is 8.03. The number of aromatic nitrogens is 2. The maximum atomic E-state index is 14.7. The van der Waals surface area contributed by atoms with Gasteiger partial charge in [-0.3, -0.25) is 14.3 Å². The average Bonchev–Trinajstić information content (AvgIpc) is 3.18. The number of aliphatic hydroxyl groups is 1. The monoisotopic (exact) mass is 468 g/mol. The minimum Gasteiger partial charge on any atom is -0.488 e. The summed E-state index contributed by atoms with van der Waals surface area (Å²) in [5, 5.41) is 16.1. The molecule has 1 unspecified atom stereocenters. The Bertz CT molecular complexity index is 1210. The van der Waals surface area contributed by atoms with Crippen molar-refractivity contribution in [1.29, 1.82) is 0 Å². The number of aryl methyl sites for hydroxylation is 1. The summed E-state index contributed by atoms with van der Waals surface area (Å²) < 4.78 is 27.6. The van der Waals surface area contributed by atoms with Crippen molar-refractivity contribution in [2.75, 3.05) is 25.0 Å². The SMILES string of the molecule is CC(CO)Oc1cc(Oc2ccc(C(=O)N3CCC3)cc2F)cc(C(=O)Nc2ccn(C)n2)c1. The maximum absolute atomic E-state index is 14.7. The third-order valence-corrected chi connectivity index (χ3v) is 5.24. The van der Waals surface area contributed by atoms with Crippen LogP contribution in [0.4, 0.5) is 10.2 Å². The molecule has 4 rings (SSSR count). The molecule has 9 nitrogen and oxygen atoms in total. The Morgan fingerprint density at radius 2 is 1.91 bits per heavy atom. The van der Waals surface area contributed by atoms with E-state index in [-0.39, 0.29) is 40.9 Å². The summed E-state index contributed by atoms with van der Waals surface area (Å²) in [6, 6.07) is 10.1. The van der Waals surface area contributed by atoms with Crippen molar-refractivity contribution in [3.8, 4) is 17.2 Å². The number of anilines is 1. The van der Waals surface area contributed by atoms with Gasteiger partial charge in [0.05, 0.1) is 6.61 Å². The summed E-state index contributed by atoms with van der Waals surface area (Å²) in [6.07, 6.45) is 2.09. The van der Waals surface area contributed by atoms with Crippen molar-refractivity contribution >= 4 is 17.6 Å². The summed E-state index contributed by atoms with van der Waals surface area (Å²) >= 11 is 0. The number of benzene rings is 2. The normalized spacial score (nSPS) is 13.7. The number of amides is 2. The molecule has 10 heteroatoms. The van der Waals surface area contributed by atoms with Crippen LogP contribution in [-0.2, 0) is 7.05 Å². The fourth-order valence-corrected chi connectivity index (χ4v) is 3.32. The van der Waals surface area contributed by atoms with Gasteiger partial charge in [0.15, 0.2) is 17.4 Å². The van der Waals surface area contributed by atoms with Crippen molar-refractivity contribution in [2.45, 2.75) is 19.4 Å². The van der Waals surface area contributed by atoms with Crippen LogP contribution in [0.5, 0.6) is 17.2 Å². The first kappa shape index (κ1) is 23.2. The Labute approximate surface area is 195 Å². The Hall–Kier alpha value is -3.92. The zero-order chi connectivity index (χ0) is 24.2. The van der Waals surface area contributed by atoms with E-state index in [1.807, 2.05) is 0 Å². The molecule has 178 valence electrons. The lowest BCUT2D eigenvalue weighted by atomic mass is 10.1. The molecule has 1 saturated heterocycles. The van der Waals surface area contributed by atoms with Gasteiger partial charge in [0.2, 0.25) is 0 Å². The highest BCUT2D eigenvalue weighted by Crippen LogP contribution is 2.31. The van der Waals surface area contributed by atoms with Crippen molar-refractivity contribution in [3.05, 3.63) is 65.6 Å². The lowest BCUT2D eigenvalue weighted by Crippen LogP contribution is -2.42. The molecule has 2 aromatic carbocycles. The van der Waals surface area contributed by atoms with Crippen molar-refractivity contribution < 1.29 is 28.6 Å². The molecule has 2 heterocycles. The first-order chi connectivity index (χ1) is 16.3. The smallest absolute Gasteiger partial charge is 0.257 e. The van der Waals surface area contributed by atoms with Crippen LogP contribution in [0.15, 0.2) is 48.7 Å². The van der Waals surface area contributed by atoms with Crippen molar-refractivity contribution in [2.24, 2.45) is 7.05 Å². The summed E-state index contributed by atoms with van der Waals surface area (Å²) in [7, 11) is 1.73. The molecule has 1 atom stereocenters. The van der Waals surface area contributed by atoms with Gasteiger partial charge in [-0.2, -0.15) is 5.10 Å². The van der Waals surface area contributed by atoms with Crippen LogP contribution in [0.3, 0.4) is 0 Å². The number of nitrogens with zero attached hydrogens (tertiary/aromatic N) is 3. The molecule has 1 aliphatic heterocycles. The van der Waals surface area contributed by atoms with Gasteiger partial charge >= 0.3 is 0 Å². The number of nitrogens with one attached hydrogen (secondary N) is 1. The molecule has 1 aliphatic rings. The van der Waals surface area contributed by atoms with E-state index >= 15 is 0 Å². The zero-order valence-corrected chi connectivity index (χ0v) is 18.8. The largest absolute Gasteiger partial charge is 0.488 e. The topological polar surface area (TPSA) is 106 Å². The van der Waals surface area contributed by atoms with Crippen molar-refractivity contribution in [3.63, 3.8) is 0 Å². The van der Waals surface area contributed by atoms with Gasteiger partial charge in [0.1, 0.15) is 17.6 Å². The molecular formula is C24H25FN4O5. The summed E-state index contributed by atoms with van der Waals surface area (Å²) in [5.74, 6) is -0.743. The Balaban J connectivity index is 1.58. The third kappa shape index (κ3) is 5.34. The van der Waals surface area contributed by atoms with Gasteiger partial charge in [-0.25, -0.2) is 4.39 Å². The number of halogens is 1. The molecule has 0 saturated carbocycles. The number of ether oxygens (including phenoxy) is 2. The minimum atomic E-state index is -0.707. The quantitative estimate of drug-likeness (QED) is 0.526. The van der Waals surface area contributed by atoms with Crippen LogP contribution in [0.2, 0.25) is 0 Å². The predicted molar refractivity (Wildman–Crippen MR) is 122 cm³/mol. The zero-order valence-electron chi connectivity index (χ0n) is 18.8. The summed E-state index contributed by atoms with van der Waals surface area (Å²) in [5.41, 5.74) is 0.433. The second kappa shape index (κ2) is 9.92. The molecule has 3 aromatic rings. The molecule has 0 aliphatic carbocycles. The lowest BCUT2D eigenvalue weighted by Gasteiger charge is -2.30.